The number of nitrogens with one attached hydrogen (secondary N) is 1. The average Bonchev–Trinajstić information content (AvgIpc) is 2.34. The Labute approximate surface area is 132 Å². The fourth-order valence-corrected chi connectivity index (χ4v) is 2.70. The number of aliphatic carboxylic acids is 1. The lowest BCUT2D eigenvalue weighted by molar-refractivity contribution is -0.137. The lowest BCUT2D eigenvalue weighted by Crippen LogP contribution is -2.41. The minimum atomic E-state index is -1.44. The first-order chi connectivity index (χ1) is 10.1. The molecule has 0 aliphatic rings. The maximum absolute atomic E-state index is 13.4. The highest BCUT2D eigenvalue weighted by atomic mass is 32.2. The Bertz CT molecular complexity index is 500. The summed E-state index contributed by atoms with van der Waals surface area (Å²) in [6.07, 6.45) is 0.571. The first-order valence-electron chi connectivity index (χ1n) is 6.95. The number of carboxylic acids is 1. The van der Waals surface area contributed by atoms with E-state index in [1.807, 2.05) is 0 Å². The molecule has 1 rings (SSSR count). The van der Waals surface area contributed by atoms with Crippen LogP contribution in [-0.4, -0.2) is 20.4 Å². The molecule has 1 unspecified atom stereocenters. The summed E-state index contributed by atoms with van der Waals surface area (Å²) in [7, 11) is 0. The maximum Gasteiger partial charge on any atom is 0.303 e. The fourth-order valence-electron chi connectivity index (χ4n) is 1.83. The molecule has 0 fully saturated rings. The van der Waals surface area contributed by atoms with E-state index < -0.39 is 39.8 Å². The second-order valence-electron chi connectivity index (χ2n) is 6.04. The van der Waals surface area contributed by atoms with Gasteiger partial charge in [-0.2, -0.15) is 0 Å². The van der Waals surface area contributed by atoms with Crippen molar-refractivity contribution in [1.29, 1.82) is 0 Å². The van der Waals surface area contributed by atoms with Gasteiger partial charge in [0.25, 0.3) is 0 Å². The summed E-state index contributed by atoms with van der Waals surface area (Å²) in [5.41, 5.74) is 0.320. The highest BCUT2D eigenvalue weighted by Gasteiger charge is 2.30. The van der Waals surface area contributed by atoms with Crippen LogP contribution in [0, 0.1) is 11.6 Å². The first-order valence-corrected chi connectivity index (χ1v) is 8.10. The van der Waals surface area contributed by atoms with Gasteiger partial charge in [-0.25, -0.2) is 8.78 Å². The number of hydrogen-bond acceptors (Lipinski definition) is 3. The van der Waals surface area contributed by atoms with Crippen LogP contribution >= 0.6 is 0 Å². The molecule has 4 nitrogen and oxygen atoms in total. The third-order valence-electron chi connectivity index (χ3n) is 2.98. The summed E-state index contributed by atoms with van der Waals surface area (Å²) in [5, 5.41) is 8.70. The molecule has 1 aromatic rings. The molecule has 0 saturated carbocycles. The van der Waals surface area contributed by atoms with Crippen molar-refractivity contribution in [3.63, 3.8) is 0 Å². The summed E-state index contributed by atoms with van der Waals surface area (Å²) >= 11 is -1.44. The highest BCUT2D eigenvalue weighted by molar-refractivity contribution is 7.90. The second kappa shape index (κ2) is 7.89. The van der Waals surface area contributed by atoms with Crippen LogP contribution in [0.2, 0.25) is 0 Å². The molecule has 0 spiro atoms. The number of benzene rings is 1. The molecule has 0 bridgehead atoms. The van der Waals surface area contributed by atoms with E-state index in [1.165, 1.54) is 12.1 Å². The molecule has 22 heavy (non-hydrogen) atoms. The molecule has 2 atom stereocenters. The lowest BCUT2D eigenvalue weighted by Gasteiger charge is -2.28. The van der Waals surface area contributed by atoms with Crippen molar-refractivity contribution in [3.05, 3.63) is 35.4 Å². The third kappa shape index (κ3) is 6.29. The summed E-state index contributed by atoms with van der Waals surface area (Å²) in [4.78, 5) is 10.6. The van der Waals surface area contributed by atoms with Crippen LogP contribution in [0.15, 0.2) is 18.2 Å². The minimum absolute atomic E-state index is 0.0574. The zero-order valence-corrected chi connectivity index (χ0v) is 13.7. The Morgan fingerprint density at radius 2 is 1.86 bits per heavy atom. The molecule has 0 aromatic heterocycles. The van der Waals surface area contributed by atoms with Crippen LogP contribution in [0.25, 0.3) is 0 Å². The monoisotopic (exact) mass is 333 g/mol. The standard InChI is InChI=1S/C15H21F2NO3S/c1-15(2,3)22(21)18-13(5-4-6-14(19)20)10-7-11(16)9-12(17)8-10/h7-9,13,18H,4-6H2,1-3H3,(H,19,20)/t13-,22?/m0/s1. The largest absolute Gasteiger partial charge is 0.598 e. The summed E-state index contributed by atoms with van der Waals surface area (Å²) < 4.78 is 41.3. The zero-order chi connectivity index (χ0) is 16.9. The highest BCUT2D eigenvalue weighted by Crippen LogP contribution is 2.25. The van der Waals surface area contributed by atoms with Gasteiger partial charge >= 0.3 is 5.97 Å². The first kappa shape index (κ1) is 18.9. The molecule has 2 N–H and O–H groups in total. The molecular weight excluding hydrogens is 312 g/mol. The molecule has 124 valence electrons. The van der Waals surface area contributed by atoms with Gasteiger partial charge < -0.3 is 9.66 Å². The van der Waals surface area contributed by atoms with Crippen LogP contribution in [0.1, 0.15) is 51.6 Å². The topological polar surface area (TPSA) is 72.4 Å². The Morgan fingerprint density at radius 1 is 1.32 bits per heavy atom. The second-order valence-corrected chi connectivity index (χ2v) is 8.04. The van der Waals surface area contributed by atoms with Crippen LogP contribution in [-0.2, 0) is 16.2 Å². The Kier molecular flexibility index (Phi) is 6.77. The van der Waals surface area contributed by atoms with Crippen LogP contribution in [0.3, 0.4) is 0 Å². The fraction of sp³-hybridized carbons (Fsp3) is 0.533. The van der Waals surface area contributed by atoms with Crippen molar-refractivity contribution in [2.45, 2.75) is 50.8 Å². The van der Waals surface area contributed by atoms with Gasteiger partial charge in [0, 0.05) is 23.8 Å². The minimum Gasteiger partial charge on any atom is -0.598 e. The molecule has 0 amide bonds. The van der Waals surface area contributed by atoms with Gasteiger partial charge in [0.05, 0.1) is 6.04 Å². The van der Waals surface area contributed by atoms with Gasteiger partial charge in [0.15, 0.2) is 0 Å². The molecular formula is C15H21F2NO3S. The van der Waals surface area contributed by atoms with E-state index in [-0.39, 0.29) is 6.42 Å². The van der Waals surface area contributed by atoms with Crippen molar-refractivity contribution < 1.29 is 23.2 Å². The van der Waals surface area contributed by atoms with Crippen molar-refractivity contribution in [1.82, 2.24) is 4.72 Å². The smallest absolute Gasteiger partial charge is 0.303 e. The Morgan fingerprint density at radius 3 is 2.32 bits per heavy atom. The van der Waals surface area contributed by atoms with Crippen molar-refractivity contribution >= 4 is 17.3 Å². The number of carboxylic acid groups (broad SMARTS) is 1. The van der Waals surface area contributed by atoms with Gasteiger partial charge in [0.2, 0.25) is 0 Å². The van der Waals surface area contributed by atoms with Gasteiger partial charge in [-0.1, -0.05) is 0 Å². The molecule has 1 aromatic carbocycles. The predicted octanol–water partition coefficient (Wildman–Crippen LogP) is 3.31. The van der Waals surface area contributed by atoms with Crippen LogP contribution in [0.5, 0.6) is 0 Å². The molecule has 0 radical (unpaired) electrons. The molecule has 0 saturated heterocycles. The quantitative estimate of drug-likeness (QED) is 0.751. The van der Waals surface area contributed by atoms with E-state index in [2.05, 4.69) is 4.72 Å². The van der Waals surface area contributed by atoms with Gasteiger partial charge in [-0.15, -0.1) is 4.72 Å². The number of hydrogen-bond donors (Lipinski definition) is 2. The van der Waals surface area contributed by atoms with Crippen LogP contribution < -0.4 is 4.72 Å². The maximum atomic E-state index is 13.4. The van der Waals surface area contributed by atoms with E-state index in [0.717, 1.165) is 6.07 Å². The van der Waals surface area contributed by atoms with E-state index in [9.17, 15) is 18.1 Å². The van der Waals surface area contributed by atoms with E-state index in [0.29, 0.717) is 18.4 Å². The van der Waals surface area contributed by atoms with Gasteiger partial charge in [-0.3, -0.25) is 4.79 Å². The van der Waals surface area contributed by atoms with E-state index >= 15 is 0 Å². The number of carbonyl (C=O) groups is 1. The average molecular weight is 333 g/mol. The SMILES string of the molecule is CC(C)(C)[S+]([O-])N[C@@H](CCCC(=O)O)c1cc(F)cc(F)c1. The third-order valence-corrected chi connectivity index (χ3v) is 4.59. The van der Waals surface area contributed by atoms with Crippen LogP contribution in [0.4, 0.5) is 8.78 Å². The number of rotatable bonds is 7. The Balaban J connectivity index is 2.92. The summed E-state index contributed by atoms with van der Waals surface area (Å²) in [6, 6.07) is 2.52. The van der Waals surface area contributed by atoms with Gasteiger partial charge in [0.1, 0.15) is 16.4 Å². The normalized spacial score (nSPS) is 14.6. The zero-order valence-electron chi connectivity index (χ0n) is 12.9. The van der Waals surface area contributed by atoms with E-state index in [1.54, 1.807) is 20.8 Å². The summed E-state index contributed by atoms with van der Waals surface area (Å²) in [5.74, 6) is -2.38. The lowest BCUT2D eigenvalue weighted by atomic mass is 10.0. The van der Waals surface area contributed by atoms with E-state index in [4.69, 9.17) is 5.11 Å². The molecule has 0 aliphatic carbocycles. The van der Waals surface area contributed by atoms with Crippen molar-refractivity contribution in [3.8, 4) is 0 Å². The predicted molar refractivity (Wildman–Crippen MR) is 81.6 cm³/mol. The number of halogens is 2. The molecule has 0 aliphatic heterocycles. The van der Waals surface area contributed by atoms with Crippen molar-refractivity contribution in [2.75, 3.05) is 0 Å². The Hall–Kier alpha value is -1.18. The van der Waals surface area contributed by atoms with Gasteiger partial charge in [-0.05, 0) is 51.3 Å². The molecule has 0 heterocycles. The molecule has 7 heteroatoms. The summed E-state index contributed by atoms with van der Waals surface area (Å²) in [6.45, 7) is 5.32. The van der Waals surface area contributed by atoms with Crippen molar-refractivity contribution in [2.24, 2.45) is 0 Å².